The number of benzene rings is 1. The molecule has 0 fully saturated rings. The fourth-order valence-electron chi connectivity index (χ4n) is 3.61. The molecule has 0 aliphatic carbocycles. The van der Waals surface area contributed by atoms with Gasteiger partial charge in [-0.05, 0) is 71.7 Å². The maximum atomic E-state index is 12.4. The predicted octanol–water partition coefficient (Wildman–Crippen LogP) is 3.08. The van der Waals surface area contributed by atoms with Gasteiger partial charge in [0.1, 0.15) is 30.3 Å². The summed E-state index contributed by atoms with van der Waals surface area (Å²) in [6.07, 6.45) is 2.09. The summed E-state index contributed by atoms with van der Waals surface area (Å²) in [6.45, 7) is 17.2. The Morgan fingerprint density at radius 2 is 1.56 bits per heavy atom. The first-order valence-electron chi connectivity index (χ1n) is 17.5. The number of hydrogen-bond acceptors (Lipinski definition) is 12. The Kier molecular flexibility index (Phi) is 33.3. The minimum Gasteiger partial charge on any atom is -0.492 e. The van der Waals surface area contributed by atoms with Gasteiger partial charge in [-0.1, -0.05) is 39.8 Å². The lowest BCUT2D eigenvalue weighted by molar-refractivity contribution is -0.145. The minimum atomic E-state index is -0.971. The summed E-state index contributed by atoms with van der Waals surface area (Å²) in [5, 5.41) is 14.1. The van der Waals surface area contributed by atoms with Gasteiger partial charge in [0.05, 0.1) is 26.2 Å². The molecule has 7 N–H and O–H groups in total. The van der Waals surface area contributed by atoms with Crippen LogP contribution in [0.2, 0.25) is 0 Å². The van der Waals surface area contributed by atoms with Gasteiger partial charge < -0.3 is 51.3 Å². The van der Waals surface area contributed by atoms with Gasteiger partial charge in [-0.2, -0.15) is 0 Å². The van der Waals surface area contributed by atoms with Crippen LogP contribution in [-0.2, 0) is 39.9 Å². The molecule has 0 aliphatic heterocycles. The van der Waals surface area contributed by atoms with Gasteiger partial charge in [0.15, 0.2) is 0 Å². The SMILES string of the molecule is CC.CC=O.CNCSC(C)C.COC(=O)C(Cc1ccc(OCCNC(=O)OC(C)(C)C)cc1)NC(=O)CNC(=O)C(N)CCCCNC(C)=O. The van der Waals surface area contributed by atoms with Gasteiger partial charge in [-0.15, -0.1) is 11.8 Å². The molecule has 2 unspecified atom stereocenters. The zero-order chi connectivity index (χ0) is 40.5. The van der Waals surface area contributed by atoms with Crippen molar-refractivity contribution < 1.29 is 43.0 Å². The number of esters is 1. The fourth-order valence-corrected chi connectivity index (χ4v) is 4.11. The number of ether oxygens (including phenoxy) is 3. The fraction of sp³-hybridized carbons (Fsp3) is 0.667. The van der Waals surface area contributed by atoms with Gasteiger partial charge in [0.2, 0.25) is 17.7 Å². The molecule has 1 aromatic carbocycles. The highest BCUT2D eigenvalue weighted by Crippen LogP contribution is 2.14. The number of aldehydes is 1. The first-order chi connectivity index (χ1) is 24.5. The second kappa shape index (κ2) is 33.0. The van der Waals surface area contributed by atoms with Crippen molar-refractivity contribution in [1.29, 1.82) is 0 Å². The van der Waals surface area contributed by atoms with E-state index in [0.717, 1.165) is 23.0 Å². The summed E-state index contributed by atoms with van der Waals surface area (Å²) in [6, 6.07) is 5.13. The third-order valence-corrected chi connectivity index (χ3v) is 6.98. The topological polar surface area (TPSA) is 216 Å². The first kappa shape index (κ1) is 52.5. The molecule has 1 rings (SSSR count). The van der Waals surface area contributed by atoms with Gasteiger partial charge in [-0.3, -0.25) is 14.4 Å². The second-order valence-corrected chi connectivity index (χ2v) is 13.6. The maximum Gasteiger partial charge on any atom is 0.407 e. The highest BCUT2D eigenvalue weighted by Gasteiger charge is 2.23. The Labute approximate surface area is 315 Å². The highest BCUT2D eigenvalue weighted by molar-refractivity contribution is 7.99. The molecule has 15 nitrogen and oxygen atoms in total. The van der Waals surface area contributed by atoms with E-state index in [1.54, 1.807) is 45.0 Å². The van der Waals surface area contributed by atoms with Crippen molar-refractivity contribution in [1.82, 2.24) is 26.6 Å². The average molecular weight is 759 g/mol. The van der Waals surface area contributed by atoms with E-state index in [0.29, 0.717) is 31.6 Å². The Balaban J connectivity index is -0.00000173. The van der Waals surface area contributed by atoms with Crippen molar-refractivity contribution in [3.63, 3.8) is 0 Å². The van der Waals surface area contributed by atoms with Gasteiger partial charge >= 0.3 is 12.1 Å². The standard InChI is InChI=1S/C27H43N5O8.C5H13NS.C2H4O.C2H6/c1-18(33)29-13-7-6-8-21(28)24(35)31-17-23(34)32-22(25(36)38-5)16-19-9-11-20(12-10-19)39-15-14-30-26(37)40-27(2,3)4;1-5(2)7-4-6-3;1-2-3;1-2/h9-12,21-22H,6-8,13-17,28H2,1-5H3,(H,29,33)(H,30,37)(H,31,35)(H,32,34);5-6H,4H2,1-3H3;2H,1H3;1-2H3. The van der Waals surface area contributed by atoms with Crippen LogP contribution in [0, 0.1) is 0 Å². The molecule has 1 aromatic rings. The summed E-state index contributed by atoms with van der Waals surface area (Å²) in [5.74, 6) is -0.185. The second-order valence-electron chi connectivity index (χ2n) is 12.0. The molecular formula is C36H66N6O9S. The summed E-state index contributed by atoms with van der Waals surface area (Å²) in [4.78, 5) is 68.2. The first-order valence-corrected chi connectivity index (χ1v) is 18.5. The molecule has 0 heterocycles. The number of nitrogens with one attached hydrogen (secondary N) is 5. The third kappa shape index (κ3) is 33.3. The molecule has 0 saturated carbocycles. The summed E-state index contributed by atoms with van der Waals surface area (Å²) >= 11 is 1.92. The van der Waals surface area contributed by atoms with E-state index in [-0.39, 0.29) is 32.0 Å². The van der Waals surface area contributed by atoms with E-state index >= 15 is 0 Å². The van der Waals surface area contributed by atoms with E-state index in [4.69, 9.17) is 24.7 Å². The van der Waals surface area contributed by atoms with Gasteiger partial charge in [-0.25, -0.2) is 9.59 Å². The van der Waals surface area contributed by atoms with Crippen molar-refractivity contribution in [3.8, 4) is 5.75 Å². The molecular weight excluding hydrogens is 692 g/mol. The Morgan fingerprint density at radius 1 is 0.962 bits per heavy atom. The van der Waals surface area contributed by atoms with Crippen LogP contribution in [0.4, 0.5) is 4.79 Å². The number of thioether (sulfide) groups is 1. The van der Waals surface area contributed by atoms with Crippen LogP contribution in [-0.4, -0.2) is 105 Å². The number of hydrogen-bond donors (Lipinski definition) is 6. The Hall–Kier alpha value is -3.89. The van der Waals surface area contributed by atoms with Crippen LogP contribution >= 0.6 is 11.8 Å². The zero-order valence-corrected chi connectivity index (χ0v) is 34.0. The van der Waals surface area contributed by atoms with E-state index in [2.05, 4.69) is 40.4 Å². The number of methoxy groups -OCH3 is 1. The Bertz CT molecular complexity index is 1130. The van der Waals surface area contributed by atoms with Crippen molar-refractivity contribution in [2.24, 2.45) is 5.73 Å². The van der Waals surface area contributed by atoms with Crippen LogP contribution < -0.4 is 37.1 Å². The van der Waals surface area contributed by atoms with E-state index in [9.17, 15) is 24.0 Å². The smallest absolute Gasteiger partial charge is 0.407 e. The van der Waals surface area contributed by atoms with Crippen LogP contribution in [0.15, 0.2) is 24.3 Å². The molecule has 52 heavy (non-hydrogen) atoms. The number of nitrogens with two attached hydrogens (primary N) is 1. The number of rotatable bonds is 19. The van der Waals surface area contributed by atoms with E-state index in [1.807, 2.05) is 32.7 Å². The molecule has 0 saturated heterocycles. The molecule has 0 aromatic heterocycles. The molecule has 4 amide bonds. The average Bonchev–Trinajstić information content (AvgIpc) is 3.08. The van der Waals surface area contributed by atoms with E-state index < -0.39 is 41.6 Å². The summed E-state index contributed by atoms with van der Waals surface area (Å²) in [7, 11) is 3.19. The van der Waals surface area contributed by atoms with Crippen molar-refractivity contribution in [3.05, 3.63) is 29.8 Å². The molecule has 16 heteroatoms. The minimum absolute atomic E-state index is 0.120. The quantitative estimate of drug-likeness (QED) is 0.0520. The molecule has 0 spiro atoms. The van der Waals surface area contributed by atoms with Crippen LogP contribution in [0.25, 0.3) is 0 Å². The lowest BCUT2D eigenvalue weighted by Gasteiger charge is -2.19. The Morgan fingerprint density at radius 3 is 2.04 bits per heavy atom. The van der Waals surface area contributed by atoms with Crippen molar-refractivity contribution >= 4 is 47.8 Å². The monoisotopic (exact) mass is 758 g/mol. The zero-order valence-electron chi connectivity index (χ0n) is 33.1. The highest BCUT2D eigenvalue weighted by atomic mass is 32.2. The number of carbonyl (C=O) groups excluding carboxylic acids is 6. The maximum absolute atomic E-state index is 12.4. The number of carbonyl (C=O) groups is 6. The number of alkyl carbamates (subject to hydrolysis) is 1. The molecule has 0 bridgehead atoms. The molecule has 2 atom stereocenters. The van der Waals surface area contributed by atoms with Crippen LogP contribution in [0.1, 0.15) is 87.1 Å². The van der Waals surface area contributed by atoms with E-state index in [1.165, 1.54) is 21.0 Å². The molecule has 300 valence electrons. The lowest BCUT2D eigenvalue weighted by Crippen LogP contribution is -2.49. The van der Waals surface area contributed by atoms with Crippen molar-refractivity contribution in [2.45, 2.75) is 111 Å². The summed E-state index contributed by atoms with van der Waals surface area (Å²) in [5.41, 5.74) is 6.02. The van der Waals surface area contributed by atoms with Crippen molar-refractivity contribution in [2.75, 3.05) is 46.3 Å². The van der Waals surface area contributed by atoms with Gasteiger partial charge in [0.25, 0.3) is 0 Å². The molecule has 0 aliphatic rings. The largest absolute Gasteiger partial charge is 0.492 e. The number of amides is 4. The predicted molar refractivity (Wildman–Crippen MR) is 207 cm³/mol. The third-order valence-electron chi connectivity index (χ3n) is 5.86. The number of unbranched alkanes of at least 4 members (excludes halogenated alkanes) is 1. The van der Waals surface area contributed by atoms with Gasteiger partial charge in [0, 0.05) is 31.0 Å². The lowest BCUT2D eigenvalue weighted by atomic mass is 10.1. The van der Waals surface area contributed by atoms with Crippen LogP contribution in [0.3, 0.4) is 0 Å². The molecule has 0 radical (unpaired) electrons. The summed E-state index contributed by atoms with van der Waals surface area (Å²) < 4.78 is 15.6. The normalized spacial score (nSPS) is 11.2. The van der Waals surface area contributed by atoms with Crippen LogP contribution in [0.5, 0.6) is 5.75 Å².